The Kier molecular flexibility index (Phi) is 7.10. The summed E-state index contributed by atoms with van der Waals surface area (Å²) >= 11 is 0. The van der Waals surface area contributed by atoms with Crippen molar-refractivity contribution < 1.29 is 0 Å². The van der Waals surface area contributed by atoms with E-state index in [0.29, 0.717) is 17.5 Å². The summed E-state index contributed by atoms with van der Waals surface area (Å²) in [6.07, 6.45) is 0. The molecule has 0 aliphatic rings. The first-order valence-corrected chi connectivity index (χ1v) is 17.5. The Balaban J connectivity index is 1.15. The predicted molar refractivity (Wildman–Crippen MR) is 215 cm³/mol. The SMILES string of the molecule is c1ccc(-c2nc(-c3ccccc3)nc(-c3cccc(-c4cccc(-c5nc6ccccc6c6c7ccccc7c7ccccc7c56)c4)c3)n2)cc1. The molecule has 10 aromatic rings. The minimum absolute atomic E-state index is 0.631. The van der Waals surface area contributed by atoms with E-state index in [1.807, 2.05) is 60.7 Å². The van der Waals surface area contributed by atoms with Crippen LogP contribution in [-0.2, 0) is 0 Å². The van der Waals surface area contributed by atoms with Gasteiger partial charge in [-0.1, -0.05) is 164 Å². The molecule has 242 valence electrons. The minimum atomic E-state index is 0.631. The van der Waals surface area contributed by atoms with Crippen molar-refractivity contribution in [2.75, 3.05) is 0 Å². The normalized spacial score (nSPS) is 11.5. The average molecular weight is 663 g/mol. The number of hydrogen-bond donors (Lipinski definition) is 0. The molecule has 0 atom stereocenters. The summed E-state index contributed by atoms with van der Waals surface area (Å²) in [5.74, 6) is 1.92. The smallest absolute Gasteiger partial charge is 0.164 e. The van der Waals surface area contributed by atoms with Gasteiger partial charge in [-0.05, 0) is 50.9 Å². The molecule has 4 heteroatoms. The van der Waals surface area contributed by atoms with Gasteiger partial charge < -0.3 is 0 Å². The molecular formula is C48H30N4. The van der Waals surface area contributed by atoms with Gasteiger partial charge in [0.15, 0.2) is 17.5 Å². The number of fused-ring (bicyclic) bond motifs is 8. The van der Waals surface area contributed by atoms with Crippen LogP contribution in [0, 0.1) is 0 Å². The highest BCUT2D eigenvalue weighted by molar-refractivity contribution is 6.33. The maximum absolute atomic E-state index is 5.38. The van der Waals surface area contributed by atoms with Crippen LogP contribution in [0.25, 0.3) is 99.8 Å². The fourth-order valence-electron chi connectivity index (χ4n) is 7.46. The van der Waals surface area contributed by atoms with E-state index in [2.05, 4.69) is 121 Å². The molecule has 0 bridgehead atoms. The molecule has 10 rings (SSSR count). The summed E-state index contributed by atoms with van der Waals surface area (Å²) in [5.41, 5.74) is 8.01. The molecule has 0 unspecified atom stereocenters. The van der Waals surface area contributed by atoms with Crippen molar-refractivity contribution >= 4 is 43.2 Å². The van der Waals surface area contributed by atoms with E-state index in [0.717, 1.165) is 50.0 Å². The Hall–Kier alpha value is -7.04. The lowest BCUT2D eigenvalue weighted by atomic mass is 9.89. The van der Waals surface area contributed by atoms with Crippen molar-refractivity contribution in [3.05, 3.63) is 182 Å². The molecule has 0 saturated heterocycles. The third-order valence-electron chi connectivity index (χ3n) is 9.86. The second-order valence-electron chi connectivity index (χ2n) is 13.0. The van der Waals surface area contributed by atoms with Gasteiger partial charge in [-0.3, -0.25) is 0 Å². The van der Waals surface area contributed by atoms with E-state index in [1.54, 1.807) is 0 Å². The van der Waals surface area contributed by atoms with Gasteiger partial charge >= 0.3 is 0 Å². The Morgan fingerprint density at radius 3 is 1.25 bits per heavy atom. The largest absolute Gasteiger partial charge is 0.247 e. The Morgan fingerprint density at radius 2 is 0.654 bits per heavy atom. The fraction of sp³-hybridized carbons (Fsp3) is 0. The minimum Gasteiger partial charge on any atom is -0.247 e. The first-order valence-electron chi connectivity index (χ1n) is 17.5. The van der Waals surface area contributed by atoms with Crippen LogP contribution in [0.2, 0.25) is 0 Å². The third kappa shape index (κ3) is 5.09. The lowest BCUT2D eigenvalue weighted by molar-refractivity contribution is 1.07. The van der Waals surface area contributed by atoms with Crippen molar-refractivity contribution in [1.82, 2.24) is 19.9 Å². The topological polar surface area (TPSA) is 51.6 Å². The summed E-state index contributed by atoms with van der Waals surface area (Å²) < 4.78 is 0. The molecule has 0 fully saturated rings. The van der Waals surface area contributed by atoms with E-state index in [1.165, 1.54) is 32.3 Å². The highest BCUT2D eigenvalue weighted by Crippen LogP contribution is 2.43. The zero-order chi connectivity index (χ0) is 34.4. The molecular weight excluding hydrogens is 633 g/mol. The van der Waals surface area contributed by atoms with Crippen LogP contribution in [0.3, 0.4) is 0 Å². The number of benzene rings is 8. The zero-order valence-corrected chi connectivity index (χ0v) is 28.1. The number of nitrogens with zero attached hydrogens (tertiary/aromatic N) is 4. The van der Waals surface area contributed by atoms with Crippen molar-refractivity contribution in [3.8, 4) is 56.5 Å². The van der Waals surface area contributed by atoms with Crippen LogP contribution in [0.15, 0.2) is 182 Å². The van der Waals surface area contributed by atoms with Crippen molar-refractivity contribution in [2.45, 2.75) is 0 Å². The lowest BCUT2D eigenvalue weighted by Gasteiger charge is -2.16. The number of pyridine rings is 1. The van der Waals surface area contributed by atoms with Crippen LogP contribution in [0.4, 0.5) is 0 Å². The molecule has 0 aliphatic carbocycles. The molecule has 0 aliphatic heterocycles. The molecule has 2 aromatic heterocycles. The van der Waals surface area contributed by atoms with Gasteiger partial charge in [0.2, 0.25) is 0 Å². The van der Waals surface area contributed by atoms with Crippen LogP contribution in [-0.4, -0.2) is 19.9 Å². The molecule has 0 saturated carbocycles. The second-order valence-corrected chi connectivity index (χ2v) is 13.0. The van der Waals surface area contributed by atoms with Crippen LogP contribution >= 0.6 is 0 Å². The predicted octanol–water partition coefficient (Wildman–Crippen LogP) is 12.2. The zero-order valence-electron chi connectivity index (χ0n) is 28.1. The first-order chi connectivity index (χ1) is 25.8. The maximum atomic E-state index is 5.38. The van der Waals surface area contributed by atoms with Gasteiger partial charge in [-0.15, -0.1) is 0 Å². The molecule has 2 heterocycles. The molecule has 0 amide bonds. The van der Waals surface area contributed by atoms with Gasteiger partial charge in [-0.25, -0.2) is 19.9 Å². The van der Waals surface area contributed by atoms with Crippen LogP contribution in [0.5, 0.6) is 0 Å². The molecule has 0 spiro atoms. The summed E-state index contributed by atoms with van der Waals surface area (Å²) in [5, 5.41) is 8.50. The first kappa shape index (κ1) is 29.8. The molecule has 8 aromatic carbocycles. The van der Waals surface area contributed by atoms with Gasteiger partial charge in [0.1, 0.15) is 0 Å². The second kappa shape index (κ2) is 12.4. The van der Waals surface area contributed by atoms with E-state index in [4.69, 9.17) is 19.9 Å². The summed E-state index contributed by atoms with van der Waals surface area (Å²) in [4.78, 5) is 20.2. The summed E-state index contributed by atoms with van der Waals surface area (Å²) in [7, 11) is 0. The molecule has 52 heavy (non-hydrogen) atoms. The van der Waals surface area contributed by atoms with E-state index in [-0.39, 0.29) is 0 Å². The quantitative estimate of drug-likeness (QED) is 0.172. The highest BCUT2D eigenvalue weighted by Gasteiger charge is 2.18. The number of aromatic nitrogens is 4. The lowest BCUT2D eigenvalue weighted by Crippen LogP contribution is -2.00. The maximum Gasteiger partial charge on any atom is 0.164 e. The Labute approximate surface area is 300 Å². The highest BCUT2D eigenvalue weighted by atomic mass is 15.0. The van der Waals surface area contributed by atoms with Crippen molar-refractivity contribution in [2.24, 2.45) is 0 Å². The van der Waals surface area contributed by atoms with E-state index < -0.39 is 0 Å². The molecule has 0 N–H and O–H groups in total. The number of hydrogen-bond acceptors (Lipinski definition) is 4. The third-order valence-corrected chi connectivity index (χ3v) is 9.86. The average Bonchev–Trinajstić information content (AvgIpc) is 3.24. The Bertz CT molecular complexity index is 2900. The van der Waals surface area contributed by atoms with Crippen molar-refractivity contribution in [1.29, 1.82) is 0 Å². The van der Waals surface area contributed by atoms with Crippen LogP contribution < -0.4 is 0 Å². The van der Waals surface area contributed by atoms with Gasteiger partial charge in [0.25, 0.3) is 0 Å². The summed E-state index contributed by atoms with van der Waals surface area (Å²) in [6, 6.07) is 63.3. The molecule has 0 radical (unpaired) electrons. The molecule has 4 nitrogen and oxygen atoms in total. The van der Waals surface area contributed by atoms with Gasteiger partial charge in [0.05, 0.1) is 11.2 Å². The number of rotatable bonds is 5. The Morgan fingerprint density at radius 1 is 0.250 bits per heavy atom. The fourth-order valence-corrected chi connectivity index (χ4v) is 7.46. The summed E-state index contributed by atoms with van der Waals surface area (Å²) in [6.45, 7) is 0. The van der Waals surface area contributed by atoms with Crippen molar-refractivity contribution in [3.63, 3.8) is 0 Å². The van der Waals surface area contributed by atoms with E-state index >= 15 is 0 Å². The number of para-hydroxylation sites is 1. The van der Waals surface area contributed by atoms with E-state index in [9.17, 15) is 0 Å². The van der Waals surface area contributed by atoms with Gasteiger partial charge in [-0.2, -0.15) is 0 Å². The standard InChI is InChI=1S/C48H30N4/c1-3-15-31(16-4-1)46-50-47(32-17-5-2-6-18-32)52-48(51-46)36-22-14-20-34(30-36)33-19-13-21-35(29-33)45-44-40-26-10-8-24-38(40)37-23-7-9-25-39(37)43(44)41-27-11-12-28-42(41)49-45/h1-30H. The monoisotopic (exact) mass is 662 g/mol. The van der Waals surface area contributed by atoms with Crippen LogP contribution in [0.1, 0.15) is 0 Å². The van der Waals surface area contributed by atoms with Gasteiger partial charge in [0, 0.05) is 38.4 Å².